The number of benzene rings is 1. The Morgan fingerprint density at radius 1 is 1.41 bits per heavy atom. The number of carbonyl (C=O) groups is 1. The first-order chi connectivity index (χ1) is 8.24. The fourth-order valence-electron chi connectivity index (χ4n) is 1.42. The molecule has 3 heteroatoms. The van der Waals surface area contributed by atoms with Crippen molar-refractivity contribution in [2.75, 3.05) is 12.3 Å². The van der Waals surface area contributed by atoms with Crippen LogP contribution in [0.1, 0.15) is 24.5 Å². The van der Waals surface area contributed by atoms with E-state index in [1.807, 2.05) is 18.2 Å². The Bertz CT molecular complexity index is 431. The highest BCUT2D eigenvalue weighted by molar-refractivity contribution is 8.13. The van der Waals surface area contributed by atoms with E-state index in [0.717, 1.165) is 24.2 Å². The van der Waals surface area contributed by atoms with E-state index >= 15 is 0 Å². The molecule has 0 saturated carbocycles. The van der Waals surface area contributed by atoms with Crippen LogP contribution in [0.2, 0.25) is 0 Å². The van der Waals surface area contributed by atoms with E-state index in [-0.39, 0.29) is 5.12 Å². The van der Waals surface area contributed by atoms with E-state index in [4.69, 9.17) is 5.73 Å². The van der Waals surface area contributed by atoms with Crippen molar-refractivity contribution in [3.05, 3.63) is 35.4 Å². The molecule has 1 aromatic carbocycles. The fraction of sp³-hybridized carbons (Fsp3) is 0.357. The Hall–Kier alpha value is -1.24. The van der Waals surface area contributed by atoms with E-state index in [1.54, 1.807) is 6.92 Å². The van der Waals surface area contributed by atoms with Crippen molar-refractivity contribution >= 4 is 16.9 Å². The summed E-state index contributed by atoms with van der Waals surface area (Å²) in [6.07, 6.45) is 1.59. The Morgan fingerprint density at radius 2 is 2.18 bits per heavy atom. The summed E-state index contributed by atoms with van der Waals surface area (Å²) in [7, 11) is 0. The van der Waals surface area contributed by atoms with E-state index in [1.165, 1.54) is 17.3 Å². The molecule has 0 radical (unpaired) electrons. The second-order valence-corrected chi connectivity index (χ2v) is 4.86. The summed E-state index contributed by atoms with van der Waals surface area (Å²) in [5, 5.41) is 0.148. The van der Waals surface area contributed by atoms with Crippen LogP contribution in [0.5, 0.6) is 0 Å². The van der Waals surface area contributed by atoms with Crippen LogP contribution >= 0.6 is 11.8 Å². The number of nitrogens with two attached hydrogens (primary N) is 1. The summed E-state index contributed by atoms with van der Waals surface area (Å²) in [5.74, 6) is 7.00. The Morgan fingerprint density at radius 3 is 2.88 bits per heavy atom. The zero-order valence-electron chi connectivity index (χ0n) is 10.0. The lowest BCUT2D eigenvalue weighted by Crippen LogP contribution is -2.04. The van der Waals surface area contributed by atoms with Crippen molar-refractivity contribution in [3.8, 4) is 11.8 Å². The van der Waals surface area contributed by atoms with Gasteiger partial charge >= 0.3 is 0 Å². The van der Waals surface area contributed by atoms with Crippen molar-refractivity contribution in [2.24, 2.45) is 5.73 Å². The molecule has 1 aromatic rings. The summed E-state index contributed by atoms with van der Waals surface area (Å²) in [6.45, 7) is 2.22. The van der Waals surface area contributed by atoms with Crippen LogP contribution in [0.4, 0.5) is 0 Å². The van der Waals surface area contributed by atoms with Gasteiger partial charge in [0.15, 0.2) is 5.12 Å². The third-order valence-corrected chi connectivity index (χ3v) is 3.00. The number of carbonyl (C=O) groups excluding carboxylic acids is 1. The minimum atomic E-state index is 0.148. The topological polar surface area (TPSA) is 43.1 Å². The van der Waals surface area contributed by atoms with Gasteiger partial charge in [0.25, 0.3) is 0 Å². The van der Waals surface area contributed by atoms with E-state index < -0.39 is 0 Å². The van der Waals surface area contributed by atoms with Crippen LogP contribution in [-0.2, 0) is 11.2 Å². The number of rotatable bonds is 4. The fourth-order valence-corrected chi connectivity index (χ4v) is 1.91. The molecule has 2 nitrogen and oxygen atoms in total. The SMILES string of the molecule is CC(=O)SCCC#Cc1ccccc1CCN. The number of hydrogen-bond donors (Lipinski definition) is 1. The normalized spacial score (nSPS) is 9.53. The van der Waals surface area contributed by atoms with Crippen molar-refractivity contribution in [2.45, 2.75) is 19.8 Å². The maximum atomic E-state index is 10.7. The van der Waals surface area contributed by atoms with Gasteiger partial charge < -0.3 is 5.73 Å². The average Bonchev–Trinajstić information content (AvgIpc) is 2.31. The molecular weight excluding hydrogens is 230 g/mol. The standard InChI is InChI=1S/C14H17NOS/c1-12(16)17-11-5-4-8-13-6-2-3-7-14(13)9-10-15/h2-3,6-7H,5,9-11,15H2,1H3. The lowest BCUT2D eigenvalue weighted by atomic mass is 10.1. The highest BCUT2D eigenvalue weighted by Crippen LogP contribution is 2.08. The number of thioether (sulfide) groups is 1. The van der Waals surface area contributed by atoms with Gasteiger partial charge in [0, 0.05) is 24.7 Å². The molecule has 0 aliphatic heterocycles. The zero-order chi connectivity index (χ0) is 12.5. The second-order valence-electron chi connectivity index (χ2n) is 3.59. The molecule has 0 aliphatic carbocycles. The molecule has 1 rings (SSSR count). The molecule has 0 unspecified atom stereocenters. The molecule has 0 bridgehead atoms. The molecule has 0 aromatic heterocycles. The molecule has 0 fully saturated rings. The van der Waals surface area contributed by atoms with Crippen molar-refractivity contribution in [3.63, 3.8) is 0 Å². The van der Waals surface area contributed by atoms with Gasteiger partial charge in [-0.2, -0.15) is 0 Å². The summed E-state index contributed by atoms with van der Waals surface area (Å²) < 4.78 is 0. The maximum Gasteiger partial charge on any atom is 0.185 e. The molecule has 0 saturated heterocycles. The molecule has 0 amide bonds. The first kappa shape index (κ1) is 13.8. The van der Waals surface area contributed by atoms with Gasteiger partial charge in [-0.25, -0.2) is 0 Å². The van der Waals surface area contributed by atoms with Gasteiger partial charge in [-0.15, -0.1) is 0 Å². The molecule has 17 heavy (non-hydrogen) atoms. The zero-order valence-corrected chi connectivity index (χ0v) is 10.8. The van der Waals surface area contributed by atoms with Crippen LogP contribution in [0.25, 0.3) is 0 Å². The predicted octanol–water partition coefficient (Wildman–Crippen LogP) is 2.21. The van der Waals surface area contributed by atoms with Gasteiger partial charge in [-0.1, -0.05) is 41.8 Å². The van der Waals surface area contributed by atoms with Crippen LogP contribution in [0.15, 0.2) is 24.3 Å². The average molecular weight is 247 g/mol. The third-order valence-electron chi connectivity index (χ3n) is 2.19. The van der Waals surface area contributed by atoms with Gasteiger partial charge in [0.05, 0.1) is 0 Å². The molecule has 0 spiro atoms. The molecule has 0 heterocycles. The summed E-state index contributed by atoms with van der Waals surface area (Å²) in [4.78, 5) is 10.7. The van der Waals surface area contributed by atoms with E-state index in [2.05, 4.69) is 17.9 Å². The molecular formula is C14H17NOS. The highest BCUT2D eigenvalue weighted by atomic mass is 32.2. The first-order valence-electron chi connectivity index (χ1n) is 5.64. The Balaban J connectivity index is 2.55. The minimum absolute atomic E-state index is 0.148. The molecule has 0 atom stereocenters. The summed E-state index contributed by atoms with van der Waals surface area (Å²) >= 11 is 1.32. The highest BCUT2D eigenvalue weighted by Gasteiger charge is 1.96. The van der Waals surface area contributed by atoms with Gasteiger partial charge in [0.1, 0.15) is 0 Å². The van der Waals surface area contributed by atoms with Crippen molar-refractivity contribution in [1.29, 1.82) is 0 Å². The smallest absolute Gasteiger partial charge is 0.185 e. The van der Waals surface area contributed by atoms with Crippen LogP contribution in [0, 0.1) is 11.8 Å². The Kier molecular flexibility index (Phi) is 6.46. The van der Waals surface area contributed by atoms with Crippen molar-refractivity contribution in [1.82, 2.24) is 0 Å². The third kappa shape index (κ3) is 5.58. The van der Waals surface area contributed by atoms with Crippen LogP contribution in [0.3, 0.4) is 0 Å². The lowest BCUT2D eigenvalue weighted by Gasteiger charge is -2.01. The van der Waals surface area contributed by atoms with Gasteiger partial charge in [0.2, 0.25) is 0 Å². The number of hydrogen-bond acceptors (Lipinski definition) is 3. The molecule has 2 N–H and O–H groups in total. The monoisotopic (exact) mass is 247 g/mol. The Labute approximate surface area is 107 Å². The quantitative estimate of drug-likeness (QED) is 0.655. The largest absolute Gasteiger partial charge is 0.330 e. The summed E-state index contributed by atoms with van der Waals surface area (Å²) in [5.41, 5.74) is 7.79. The van der Waals surface area contributed by atoms with Gasteiger partial charge in [-0.05, 0) is 24.6 Å². The predicted molar refractivity (Wildman–Crippen MR) is 73.8 cm³/mol. The molecule has 0 aliphatic rings. The first-order valence-corrected chi connectivity index (χ1v) is 6.63. The van der Waals surface area contributed by atoms with Crippen LogP contribution in [-0.4, -0.2) is 17.4 Å². The lowest BCUT2D eigenvalue weighted by molar-refractivity contribution is -0.109. The second kappa shape index (κ2) is 7.94. The van der Waals surface area contributed by atoms with Gasteiger partial charge in [-0.3, -0.25) is 4.79 Å². The van der Waals surface area contributed by atoms with E-state index in [9.17, 15) is 4.79 Å². The molecule has 90 valence electrons. The van der Waals surface area contributed by atoms with Crippen LogP contribution < -0.4 is 5.73 Å². The summed E-state index contributed by atoms with van der Waals surface area (Å²) in [6, 6.07) is 8.05. The van der Waals surface area contributed by atoms with Crippen molar-refractivity contribution < 1.29 is 4.79 Å². The minimum Gasteiger partial charge on any atom is -0.330 e. The maximum absolute atomic E-state index is 10.7. The van der Waals surface area contributed by atoms with E-state index in [0.29, 0.717) is 6.54 Å².